The van der Waals surface area contributed by atoms with Crippen LogP contribution < -0.4 is 0 Å². The zero-order valence-corrected chi connectivity index (χ0v) is 10.9. The van der Waals surface area contributed by atoms with Crippen molar-refractivity contribution in [2.75, 3.05) is 13.7 Å². The van der Waals surface area contributed by atoms with Crippen LogP contribution in [0.25, 0.3) is 0 Å². The topological polar surface area (TPSA) is 35.5 Å². The van der Waals surface area contributed by atoms with Gasteiger partial charge in [0.05, 0.1) is 19.6 Å². The Bertz CT molecular complexity index is 348. The van der Waals surface area contributed by atoms with Crippen LogP contribution in [0.15, 0.2) is 24.3 Å². The molecule has 0 aromatic heterocycles. The lowest BCUT2D eigenvalue weighted by Crippen LogP contribution is -2.14. The molecule has 1 unspecified atom stereocenters. The van der Waals surface area contributed by atoms with Crippen molar-refractivity contribution in [1.29, 1.82) is 0 Å². The van der Waals surface area contributed by atoms with Crippen LogP contribution in [0, 0.1) is 5.92 Å². The molecule has 0 N–H and O–H groups in total. The predicted molar refractivity (Wildman–Crippen MR) is 66.9 cm³/mol. The standard InChI is InChI=1S/C13H17ClO3/c1-10(13(15)16-2)7-8-17-9-11-3-5-12(14)6-4-11/h3-6,10H,7-9H2,1-2H3. The summed E-state index contributed by atoms with van der Waals surface area (Å²) in [7, 11) is 1.40. The number of hydrogen-bond acceptors (Lipinski definition) is 3. The summed E-state index contributed by atoms with van der Waals surface area (Å²) >= 11 is 5.77. The maximum atomic E-state index is 11.1. The third-order valence-corrected chi connectivity index (χ3v) is 2.73. The molecule has 1 rings (SSSR count). The number of hydrogen-bond donors (Lipinski definition) is 0. The molecule has 0 radical (unpaired) electrons. The molecule has 0 fully saturated rings. The highest BCUT2D eigenvalue weighted by Gasteiger charge is 2.12. The molecule has 1 aromatic rings. The Morgan fingerprint density at radius 1 is 1.35 bits per heavy atom. The predicted octanol–water partition coefficient (Wildman–Crippen LogP) is 3.06. The van der Waals surface area contributed by atoms with Crippen molar-refractivity contribution in [1.82, 2.24) is 0 Å². The Morgan fingerprint density at radius 3 is 2.59 bits per heavy atom. The number of carbonyl (C=O) groups is 1. The van der Waals surface area contributed by atoms with Gasteiger partial charge in [0.15, 0.2) is 0 Å². The van der Waals surface area contributed by atoms with Crippen LogP contribution in [0.4, 0.5) is 0 Å². The molecule has 4 heteroatoms. The molecule has 0 aliphatic heterocycles. The summed E-state index contributed by atoms with van der Waals surface area (Å²) in [6.45, 7) is 2.90. The van der Waals surface area contributed by atoms with Gasteiger partial charge in [0.2, 0.25) is 0 Å². The van der Waals surface area contributed by atoms with Gasteiger partial charge >= 0.3 is 5.97 Å². The number of carbonyl (C=O) groups excluding carboxylic acids is 1. The number of methoxy groups -OCH3 is 1. The molecule has 1 atom stereocenters. The fourth-order valence-corrected chi connectivity index (χ4v) is 1.48. The van der Waals surface area contributed by atoms with E-state index in [-0.39, 0.29) is 11.9 Å². The summed E-state index contributed by atoms with van der Waals surface area (Å²) < 4.78 is 10.1. The Morgan fingerprint density at radius 2 is 2.00 bits per heavy atom. The molecule has 0 aliphatic rings. The van der Waals surface area contributed by atoms with E-state index in [2.05, 4.69) is 4.74 Å². The lowest BCUT2D eigenvalue weighted by Gasteiger charge is -2.09. The minimum atomic E-state index is -0.194. The van der Waals surface area contributed by atoms with E-state index in [0.717, 1.165) is 5.56 Å². The van der Waals surface area contributed by atoms with Gasteiger partial charge in [-0.1, -0.05) is 30.7 Å². The van der Waals surface area contributed by atoms with Crippen LogP contribution in [-0.2, 0) is 20.9 Å². The molecular weight excluding hydrogens is 240 g/mol. The molecule has 94 valence electrons. The van der Waals surface area contributed by atoms with Gasteiger partial charge in [0.25, 0.3) is 0 Å². The minimum absolute atomic E-state index is 0.120. The van der Waals surface area contributed by atoms with E-state index in [4.69, 9.17) is 16.3 Å². The molecule has 0 spiro atoms. The highest BCUT2D eigenvalue weighted by molar-refractivity contribution is 6.30. The van der Waals surface area contributed by atoms with Crippen molar-refractivity contribution in [3.05, 3.63) is 34.9 Å². The van der Waals surface area contributed by atoms with Gasteiger partial charge in [-0.3, -0.25) is 4.79 Å². The molecule has 0 saturated carbocycles. The van der Waals surface area contributed by atoms with Crippen LogP contribution in [0.5, 0.6) is 0 Å². The first-order valence-electron chi connectivity index (χ1n) is 5.53. The number of benzene rings is 1. The number of esters is 1. The van der Waals surface area contributed by atoms with Crippen LogP contribution in [0.3, 0.4) is 0 Å². The SMILES string of the molecule is COC(=O)C(C)CCOCc1ccc(Cl)cc1. The van der Waals surface area contributed by atoms with Crippen LogP contribution in [0.1, 0.15) is 18.9 Å². The van der Waals surface area contributed by atoms with Crippen molar-refractivity contribution < 1.29 is 14.3 Å². The van der Waals surface area contributed by atoms with Crippen LogP contribution in [0.2, 0.25) is 5.02 Å². The van der Waals surface area contributed by atoms with E-state index in [1.807, 2.05) is 31.2 Å². The Kier molecular flexibility index (Phi) is 6.01. The van der Waals surface area contributed by atoms with Crippen molar-refractivity contribution in [2.24, 2.45) is 5.92 Å². The summed E-state index contributed by atoms with van der Waals surface area (Å²) in [5.41, 5.74) is 1.07. The Hall–Kier alpha value is -1.06. The molecule has 0 bridgehead atoms. The lowest BCUT2D eigenvalue weighted by atomic mass is 10.1. The first kappa shape index (κ1) is 14.0. The van der Waals surface area contributed by atoms with Crippen molar-refractivity contribution in [2.45, 2.75) is 20.0 Å². The van der Waals surface area contributed by atoms with Gasteiger partial charge in [-0.2, -0.15) is 0 Å². The van der Waals surface area contributed by atoms with Crippen molar-refractivity contribution >= 4 is 17.6 Å². The summed E-state index contributed by atoms with van der Waals surface area (Å²) in [4.78, 5) is 11.1. The maximum Gasteiger partial charge on any atom is 0.308 e. The van der Waals surface area contributed by atoms with E-state index in [9.17, 15) is 4.79 Å². The number of halogens is 1. The monoisotopic (exact) mass is 256 g/mol. The Labute approximate surface area is 107 Å². The molecule has 0 aliphatic carbocycles. The average Bonchev–Trinajstić information content (AvgIpc) is 2.35. The van der Waals surface area contributed by atoms with Gasteiger partial charge in [-0.25, -0.2) is 0 Å². The highest BCUT2D eigenvalue weighted by Crippen LogP contribution is 2.11. The summed E-state index contributed by atoms with van der Waals surface area (Å²) in [5.74, 6) is -0.315. The first-order valence-corrected chi connectivity index (χ1v) is 5.91. The normalized spacial score (nSPS) is 12.2. The third kappa shape index (κ3) is 5.20. The summed E-state index contributed by atoms with van der Waals surface area (Å²) in [5, 5.41) is 0.716. The average molecular weight is 257 g/mol. The van der Waals surface area contributed by atoms with Crippen molar-refractivity contribution in [3.8, 4) is 0 Å². The zero-order valence-electron chi connectivity index (χ0n) is 10.1. The van der Waals surface area contributed by atoms with Crippen LogP contribution in [-0.4, -0.2) is 19.7 Å². The number of ether oxygens (including phenoxy) is 2. The highest BCUT2D eigenvalue weighted by atomic mass is 35.5. The smallest absolute Gasteiger partial charge is 0.308 e. The van der Waals surface area contributed by atoms with E-state index in [1.165, 1.54) is 7.11 Å². The van der Waals surface area contributed by atoms with Gasteiger partial charge in [-0.05, 0) is 24.1 Å². The molecule has 0 heterocycles. The molecule has 0 amide bonds. The minimum Gasteiger partial charge on any atom is -0.469 e. The van der Waals surface area contributed by atoms with Gasteiger partial charge in [-0.15, -0.1) is 0 Å². The first-order chi connectivity index (χ1) is 8.13. The second-order valence-electron chi connectivity index (χ2n) is 3.89. The summed E-state index contributed by atoms with van der Waals surface area (Å²) in [6, 6.07) is 7.51. The van der Waals surface area contributed by atoms with Crippen molar-refractivity contribution in [3.63, 3.8) is 0 Å². The molecular formula is C13H17ClO3. The van der Waals surface area contributed by atoms with Gasteiger partial charge in [0, 0.05) is 11.6 Å². The maximum absolute atomic E-state index is 11.1. The Balaban J connectivity index is 2.20. The second kappa shape index (κ2) is 7.30. The molecule has 17 heavy (non-hydrogen) atoms. The molecule has 0 saturated heterocycles. The van der Waals surface area contributed by atoms with Crippen LogP contribution >= 0.6 is 11.6 Å². The summed E-state index contributed by atoms with van der Waals surface area (Å²) in [6.07, 6.45) is 0.667. The van der Waals surface area contributed by atoms with E-state index in [0.29, 0.717) is 24.7 Å². The van der Waals surface area contributed by atoms with E-state index < -0.39 is 0 Å². The fraction of sp³-hybridized carbons (Fsp3) is 0.462. The van der Waals surface area contributed by atoms with E-state index >= 15 is 0 Å². The molecule has 1 aromatic carbocycles. The lowest BCUT2D eigenvalue weighted by molar-refractivity contribution is -0.145. The quantitative estimate of drug-likeness (QED) is 0.580. The van der Waals surface area contributed by atoms with Gasteiger partial charge < -0.3 is 9.47 Å². The fourth-order valence-electron chi connectivity index (χ4n) is 1.35. The second-order valence-corrected chi connectivity index (χ2v) is 4.33. The third-order valence-electron chi connectivity index (χ3n) is 2.48. The zero-order chi connectivity index (χ0) is 12.7. The van der Waals surface area contributed by atoms with Gasteiger partial charge in [0.1, 0.15) is 0 Å². The largest absolute Gasteiger partial charge is 0.469 e. The number of rotatable bonds is 6. The van der Waals surface area contributed by atoms with E-state index in [1.54, 1.807) is 0 Å². The molecule has 3 nitrogen and oxygen atoms in total.